The summed E-state index contributed by atoms with van der Waals surface area (Å²) in [6, 6.07) is 3.01. The van der Waals surface area contributed by atoms with Gasteiger partial charge in [-0.2, -0.15) is 5.10 Å². The Hall–Kier alpha value is -1.27. The molecular weight excluding hydrogens is 318 g/mol. The van der Waals surface area contributed by atoms with Crippen molar-refractivity contribution in [1.82, 2.24) is 9.78 Å². The number of aliphatic hydroxyl groups excluding tert-OH is 1. The van der Waals surface area contributed by atoms with E-state index in [0.29, 0.717) is 10.2 Å². The van der Waals surface area contributed by atoms with E-state index in [-0.39, 0.29) is 11.6 Å². The van der Waals surface area contributed by atoms with Crippen LogP contribution < -0.4 is 0 Å². The van der Waals surface area contributed by atoms with Gasteiger partial charge in [0, 0.05) is 12.1 Å². The van der Waals surface area contributed by atoms with Gasteiger partial charge in [0.05, 0.1) is 16.4 Å². The van der Waals surface area contributed by atoms with Crippen molar-refractivity contribution in [1.29, 1.82) is 0 Å². The quantitative estimate of drug-likeness (QED) is 0.933. The molecule has 0 aliphatic heterocycles. The van der Waals surface area contributed by atoms with Crippen LogP contribution in [0.1, 0.15) is 37.3 Å². The Morgan fingerprint density at radius 2 is 1.79 bits per heavy atom. The van der Waals surface area contributed by atoms with Crippen LogP contribution in [0.3, 0.4) is 0 Å². The molecule has 0 spiro atoms. The molecule has 0 saturated carbocycles. The van der Waals surface area contributed by atoms with Gasteiger partial charge in [0.1, 0.15) is 17.7 Å². The van der Waals surface area contributed by atoms with Gasteiger partial charge in [-0.15, -0.1) is 0 Å². The molecule has 1 atom stereocenters. The van der Waals surface area contributed by atoms with Crippen molar-refractivity contribution in [3.63, 3.8) is 0 Å². The van der Waals surface area contributed by atoms with Crippen LogP contribution in [-0.2, 0) is 0 Å². The van der Waals surface area contributed by atoms with E-state index in [4.69, 9.17) is 0 Å². The first-order valence-corrected chi connectivity index (χ1v) is 6.56. The first-order chi connectivity index (χ1) is 8.90. The minimum absolute atomic E-state index is 0.0226. The Morgan fingerprint density at radius 1 is 1.21 bits per heavy atom. The number of hydrogen-bond acceptors (Lipinski definition) is 2. The molecule has 102 valence electrons. The Kier molecular flexibility index (Phi) is 4.01. The number of halogens is 3. The second kappa shape index (κ2) is 5.38. The van der Waals surface area contributed by atoms with Crippen molar-refractivity contribution >= 4 is 15.9 Å². The fourth-order valence-corrected chi connectivity index (χ4v) is 2.40. The van der Waals surface area contributed by atoms with Crippen LogP contribution in [0.2, 0.25) is 0 Å². The molecule has 0 saturated heterocycles. The third kappa shape index (κ3) is 2.84. The molecule has 0 aliphatic carbocycles. The maximum absolute atomic E-state index is 13.2. The summed E-state index contributed by atoms with van der Waals surface area (Å²) in [4.78, 5) is 0. The Bertz CT molecular complexity index is 578. The van der Waals surface area contributed by atoms with Crippen LogP contribution in [0.25, 0.3) is 0 Å². The minimum atomic E-state index is -1.15. The maximum atomic E-state index is 13.2. The van der Waals surface area contributed by atoms with Crippen molar-refractivity contribution in [2.45, 2.75) is 26.0 Å². The maximum Gasteiger partial charge on any atom is 0.126 e. The summed E-state index contributed by atoms with van der Waals surface area (Å²) in [5.74, 6) is -1.44. The molecule has 1 aromatic heterocycles. The summed E-state index contributed by atoms with van der Waals surface area (Å²) in [7, 11) is 0. The molecule has 6 heteroatoms. The van der Waals surface area contributed by atoms with Crippen molar-refractivity contribution in [3.05, 3.63) is 51.8 Å². The first kappa shape index (κ1) is 14.1. The number of hydrogen-bond donors (Lipinski definition) is 1. The van der Waals surface area contributed by atoms with Crippen molar-refractivity contribution in [2.75, 3.05) is 0 Å². The Morgan fingerprint density at radius 3 is 2.32 bits per heavy atom. The molecule has 0 amide bonds. The van der Waals surface area contributed by atoms with E-state index in [1.807, 2.05) is 13.8 Å². The van der Waals surface area contributed by atoms with Gasteiger partial charge in [0.25, 0.3) is 0 Å². The van der Waals surface area contributed by atoms with Crippen LogP contribution in [0.4, 0.5) is 8.78 Å². The molecule has 0 fully saturated rings. The number of nitrogens with zero attached hydrogens (tertiary/aromatic N) is 2. The molecule has 2 aromatic rings. The minimum Gasteiger partial charge on any atom is -0.382 e. The average molecular weight is 331 g/mol. The normalized spacial score (nSPS) is 13.0. The van der Waals surface area contributed by atoms with Gasteiger partial charge in [0.2, 0.25) is 0 Å². The van der Waals surface area contributed by atoms with Gasteiger partial charge in [-0.1, -0.05) is 0 Å². The van der Waals surface area contributed by atoms with Gasteiger partial charge >= 0.3 is 0 Å². The first-order valence-electron chi connectivity index (χ1n) is 5.77. The van der Waals surface area contributed by atoms with Gasteiger partial charge in [-0.05, 0) is 47.5 Å². The largest absolute Gasteiger partial charge is 0.382 e. The van der Waals surface area contributed by atoms with Gasteiger partial charge in [-0.25, -0.2) is 8.78 Å². The summed E-state index contributed by atoms with van der Waals surface area (Å²) >= 11 is 3.29. The monoisotopic (exact) mass is 330 g/mol. The highest BCUT2D eigenvalue weighted by Crippen LogP contribution is 2.30. The standard InChI is InChI=1S/C13H13BrF2N2O/c1-7(2)18-12(11(14)6-17-18)13(19)8-3-9(15)5-10(16)4-8/h3-7,13,19H,1-2H3. The molecule has 1 heterocycles. The fraction of sp³-hybridized carbons (Fsp3) is 0.308. The van der Waals surface area contributed by atoms with Crippen LogP contribution >= 0.6 is 15.9 Å². The lowest BCUT2D eigenvalue weighted by Crippen LogP contribution is -2.13. The summed E-state index contributed by atoms with van der Waals surface area (Å²) in [6.45, 7) is 3.81. The molecule has 19 heavy (non-hydrogen) atoms. The second-order valence-corrected chi connectivity index (χ2v) is 5.38. The number of rotatable bonds is 3. The zero-order valence-electron chi connectivity index (χ0n) is 10.4. The van der Waals surface area contributed by atoms with Crippen molar-refractivity contribution in [3.8, 4) is 0 Å². The summed E-state index contributed by atoms with van der Waals surface area (Å²) in [6.07, 6.45) is 0.401. The molecule has 0 aliphatic rings. The van der Waals surface area contributed by atoms with E-state index in [9.17, 15) is 13.9 Å². The number of aliphatic hydroxyl groups is 1. The average Bonchev–Trinajstić information content (AvgIpc) is 2.69. The summed E-state index contributed by atoms with van der Waals surface area (Å²) < 4.78 is 28.6. The van der Waals surface area contributed by atoms with Crippen LogP contribution in [0.5, 0.6) is 0 Å². The highest BCUT2D eigenvalue weighted by Gasteiger charge is 2.22. The van der Waals surface area contributed by atoms with Crippen LogP contribution in [0, 0.1) is 11.6 Å². The van der Waals surface area contributed by atoms with Crippen molar-refractivity contribution in [2.24, 2.45) is 0 Å². The Balaban J connectivity index is 2.49. The number of benzene rings is 1. The van der Waals surface area contributed by atoms with E-state index >= 15 is 0 Å². The predicted octanol–water partition coefficient (Wildman–Crippen LogP) is 3.59. The second-order valence-electron chi connectivity index (χ2n) is 4.52. The highest BCUT2D eigenvalue weighted by molar-refractivity contribution is 9.10. The lowest BCUT2D eigenvalue weighted by Gasteiger charge is -2.17. The molecule has 0 radical (unpaired) electrons. The predicted molar refractivity (Wildman–Crippen MR) is 70.7 cm³/mol. The Labute approximate surface area is 118 Å². The zero-order valence-corrected chi connectivity index (χ0v) is 12.0. The fourth-order valence-electron chi connectivity index (χ4n) is 1.91. The lowest BCUT2D eigenvalue weighted by molar-refractivity contribution is 0.203. The topological polar surface area (TPSA) is 38.0 Å². The molecule has 3 nitrogen and oxygen atoms in total. The third-order valence-corrected chi connectivity index (χ3v) is 3.35. The summed E-state index contributed by atoms with van der Waals surface area (Å²) in [5.41, 5.74) is 0.626. The smallest absolute Gasteiger partial charge is 0.126 e. The third-order valence-electron chi connectivity index (χ3n) is 2.74. The molecule has 1 N–H and O–H groups in total. The molecule has 1 unspecified atom stereocenters. The summed E-state index contributed by atoms with van der Waals surface area (Å²) in [5, 5.41) is 14.4. The van der Waals surface area contributed by atoms with E-state index < -0.39 is 17.7 Å². The van der Waals surface area contributed by atoms with E-state index in [1.165, 1.54) is 0 Å². The molecule has 0 bridgehead atoms. The van der Waals surface area contributed by atoms with E-state index in [0.717, 1.165) is 18.2 Å². The lowest BCUT2D eigenvalue weighted by atomic mass is 10.1. The van der Waals surface area contributed by atoms with Crippen LogP contribution in [0.15, 0.2) is 28.9 Å². The molecular formula is C13H13BrF2N2O. The zero-order chi connectivity index (χ0) is 14.2. The van der Waals surface area contributed by atoms with E-state index in [1.54, 1.807) is 10.9 Å². The number of aromatic nitrogens is 2. The molecule has 1 aromatic carbocycles. The van der Waals surface area contributed by atoms with Gasteiger partial charge in [0.15, 0.2) is 0 Å². The molecule has 2 rings (SSSR count). The SMILES string of the molecule is CC(C)n1ncc(Br)c1C(O)c1cc(F)cc(F)c1. The van der Waals surface area contributed by atoms with E-state index in [2.05, 4.69) is 21.0 Å². The van der Waals surface area contributed by atoms with Crippen molar-refractivity contribution < 1.29 is 13.9 Å². The van der Waals surface area contributed by atoms with Gasteiger partial charge in [-0.3, -0.25) is 4.68 Å². The van der Waals surface area contributed by atoms with Gasteiger partial charge < -0.3 is 5.11 Å². The highest BCUT2D eigenvalue weighted by atomic mass is 79.9. The van der Waals surface area contributed by atoms with Crippen LogP contribution in [-0.4, -0.2) is 14.9 Å².